The van der Waals surface area contributed by atoms with Gasteiger partial charge in [0.15, 0.2) is 0 Å². The van der Waals surface area contributed by atoms with Gasteiger partial charge in [-0.15, -0.1) is 0 Å². The number of carboxylic acids is 1. The third-order valence-corrected chi connectivity index (χ3v) is 3.37. The first-order chi connectivity index (χ1) is 9.60. The Bertz CT molecular complexity index is 441. The molecule has 0 saturated heterocycles. The van der Waals surface area contributed by atoms with Crippen LogP contribution < -0.4 is 5.73 Å². The second-order valence-corrected chi connectivity index (χ2v) is 4.82. The van der Waals surface area contributed by atoms with Crippen LogP contribution in [0.25, 0.3) is 0 Å². The van der Waals surface area contributed by atoms with Crippen molar-refractivity contribution in [2.24, 2.45) is 5.73 Å². The number of aliphatic carboxylic acids is 1. The zero-order valence-corrected chi connectivity index (χ0v) is 12.8. The van der Waals surface area contributed by atoms with E-state index in [1.807, 2.05) is 30.3 Å². The van der Waals surface area contributed by atoms with Crippen molar-refractivity contribution in [1.82, 2.24) is 4.90 Å². The summed E-state index contributed by atoms with van der Waals surface area (Å²) >= 11 is 2.16. The van der Waals surface area contributed by atoms with E-state index in [0.29, 0.717) is 0 Å². The van der Waals surface area contributed by atoms with Crippen LogP contribution in [0, 0.1) is 0 Å². The van der Waals surface area contributed by atoms with Gasteiger partial charge in [0, 0.05) is 0 Å². The number of benzene rings is 1. The molecule has 1 aromatic rings. The van der Waals surface area contributed by atoms with Crippen molar-refractivity contribution in [2.75, 3.05) is 13.1 Å². The van der Waals surface area contributed by atoms with E-state index >= 15 is 0 Å². The van der Waals surface area contributed by atoms with Crippen LogP contribution in [0.3, 0.4) is 0 Å². The Hall–Kier alpha value is -1.56. The van der Waals surface area contributed by atoms with Crippen LogP contribution in [0.4, 0.5) is 4.79 Å². The molecule has 0 unspecified atom stereocenters. The van der Waals surface area contributed by atoms with Crippen molar-refractivity contribution in [2.45, 2.75) is 18.0 Å². The van der Waals surface area contributed by atoms with Gasteiger partial charge in [0.05, 0.1) is 0 Å². The van der Waals surface area contributed by atoms with Crippen LogP contribution >= 0.6 is 0 Å². The second kappa shape index (κ2) is 8.58. The Morgan fingerprint density at radius 2 is 2.00 bits per heavy atom. The van der Waals surface area contributed by atoms with Crippen LogP contribution in [-0.4, -0.2) is 57.2 Å². The van der Waals surface area contributed by atoms with Gasteiger partial charge < -0.3 is 0 Å². The van der Waals surface area contributed by atoms with E-state index in [1.54, 1.807) is 0 Å². The first kappa shape index (κ1) is 16.5. The molecule has 110 valence electrons. The number of amides is 1. The molecule has 1 aromatic carbocycles. The molecule has 0 aliphatic heterocycles. The summed E-state index contributed by atoms with van der Waals surface area (Å²) in [7, 11) is 0. The molecule has 0 bridgehead atoms. The third kappa shape index (κ3) is 4.85. The molecule has 1 rings (SSSR count). The van der Waals surface area contributed by atoms with Gasteiger partial charge in [0.2, 0.25) is 0 Å². The Kier molecular flexibility index (Phi) is 7.07. The molecule has 3 N–H and O–H groups in total. The molecule has 1 amide bonds. The average molecular weight is 345 g/mol. The van der Waals surface area contributed by atoms with Gasteiger partial charge in [-0.25, -0.2) is 0 Å². The van der Waals surface area contributed by atoms with Gasteiger partial charge in [-0.05, 0) is 0 Å². The molecule has 1 atom stereocenters. The van der Waals surface area contributed by atoms with Crippen molar-refractivity contribution in [3.63, 3.8) is 0 Å². The van der Waals surface area contributed by atoms with Crippen molar-refractivity contribution in [3.8, 4) is 0 Å². The number of carboxylic acid groups (broad SMARTS) is 1. The normalized spacial score (nSPS) is 11.7. The minimum absolute atomic E-state index is 0.103. The van der Waals surface area contributed by atoms with Crippen LogP contribution in [0.2, 0.25) is 5.32 Å². The summed E-state index contributed by atoms with van der Waals surface area (Å²) in [6, 6.07) is 8.25. The van der Waals surface area contributed by atoms with E-state index in [4.69, 9.17) is 15.6 Å². The SMILES string of the molecule is NCCN(C(=O)OCc1ccccc1)[C@@H](C[SeH])C(=O)O. The number of rotatable bonds is 7. The zero-order valence-electron chi connectivity index (χ0n) is 10.9. The third-order valence-electron chi connectivity index (χ3n) is 2.64. The Morgan fingerprint density at radius 3 is 2.50 bits per heavy atom. The van der Waals surface area contributed by atoms with Crippen molar-refractivity contribution < 1.29 is 19.4 Å². The Balaban J connectivity index is 2.66. The number of nitrogens with two attached hydrogens (primary N) is 1. The number of hydrogen-bond acceptors (Lipinski definition) is 4. The molecule has 7 heteroatoms. The van der Waals surface area contributed by atoms with Crippen LogP contribution in [0.5, 0.6) is 0 Å². The quantitative estimate of drug-likeness (QED) is 0.696. The van der Waals surface area contributed by atoms with E-state index < -0.39 is 18.1 Å². The van der Waals surface area contributed by atoms with Gasteiger partial charge in [-0.3, -0.25) is 0 Å². The summed E-state index contributed by atoms with van der Waals surface area (Å²) in [5.41, 5.74) is 6.26. The second-order valence-electron chi connectivity index (χ2n) is 4.06. The van der Waals surface area contributed by atoms with Gasteiger partial charge in [0.1, 0.15) is 0 Å². The summed E-state index contributed by atoms with van der Waals surface area (Å²) < 4.78 is 5.14. The summed E-state index contributed by atoms with van der Waals surface area (Å²) in [4.78, 5) is 24.3. The Morgan fingerprint density at radius 1 is 1.35 bits per heavy atom. The molecular formula is C13H18N2O4Se. The van der Waals surface area contributed by atoms with Gasteiger partial charge in [0.25, 0.3) is 0 Å². The molecule has 0 saturated carbocycles. The van der Waals surface area contributed by atoms with Crippen molar-refractivity contribution in [3.05, 3.63) is 35.9 Å². The average Bonchev–Trinajstić information content (AvgIpc) is 2.45. The fraction of sp³-hybridized carbons (Fsp3) is 0.385. The van der Waals surface area contributed by atoms with E-state index in [0.717, 1.165) is 10.5 Å². The van der Waals surface area contributed by atoms with E-state index in [9.17, 15) is 9.59 Å². The minimum atomic E-state index is -1.07. The van der Waals surface area contributed by atoms with Crippen LogP contribution in [0.1, 0.15) is 5.56 Å². The fourth-order valence-electron chi connectivity index (χ4n) is 1.63. The molecule has 0 aliphatic rings. The predicted molar refractivity (Wildman–Crippen MR) is 75.8 cm³/mol. The molecule has 0 aliphatic carbocycles. The number of hydrogen-bond donors (Lipinski definition) is 2. The molecule has 0 radical (unpaired) electrons. The van der Waals surface area contributed by atoms with E-state index in [2.05, 4.69) is 16.0 Å². The molecular weight excluding hydrogens is 327 g/mol. The molecule has 0 heterocycles. The van der Waals surface area contributed by atoms with Crippen LogP contribution in [0.15, 0.2) is 30.3 Å². The molecule has 0 fully saturated rings. The summed E-state index contributed by atoms with van der Waals surface area (Å²) in [5, 5.41) is 9.34. The number of nitrogens with zero attached hydrogens (tertiary/aromatic N) is 1. The summed E-state index contributed by atoms with van der Waals surface area (Å²) in [5.74, 6) is -1.07. The summed E-state index contributed by atoms with van der Waals surface area (Å²) in [6.45, 7) is 0.422. The van der Waals surface area contributed by atoms with Crippen molar-refractivity contribution >= 4 is 28.1 Å². The molecule has 20 heavy (non-hydrogen) atoms. The monoisotopic (exact) mass is 346 g/mol. The van der Waals surface area contributed by atoms with Gasteiger partial charge >= 0.3 is 125 Å². The van der Waals surface area contributed by atoms with Gasteiger partial charge in [-0.2, -0.15) is 0 Å². The van der Waals surface area contributed by atoms with Crippen LogP contribution in [-0.2, 0) is 16.1 Å². The number of carbonyl (C=O) groups excluding carboxylic acids is 1. The topological polar surface area (TPSA) is 92.9 Å². The molecule has 0 spiro atoms. The first-order valence-corrected chi connectivity index (χ1v) is 7.44. The maximum atomic E-state index is 12.0. The number of carbonyl (C=O) groups is 2. The van der Waals surface area contributed by atoms with Gasteiger partial charge in [-0.1, -0.05) is 0 Å². The standard InChI is InChI=1S/C13H18N2O4Se/c14-6-7-15(11(9-20)12(16)17)13(18)19-8-10-4-2-1-3-5-10/h1-5,11,20H,6-9,14H2,(H,16,17)/t11-/m0/s1. The van der Waals surface area contributed by atoms with Crippen molar-refractivity contribution in [1.29, 1.82) is 0 Å². The summed E-state index contributed by atoms with van der Waals surface area (Å²) in [6.07, 6.45) is -0.669. The predicted octanol–water partition coefficient (Wildman–Crippen LogP) is 0.356. The first-order valence-electron chi connectivity index (χ1n) is 6.11. The maximum absolute atomic E-state index is 12.0. The van der Waals surface area contributed by atoms with E-state index in [1.165, 1.54) is 0 Å². The number of ether oxygens (including phenoxy) is 1. The molecule has 6 nitrogen and oxygen atoms in total. The molecule has 0 aromatic heterocycles. The van der Waals surface area contributed by atoms with E-state index in [-0.39, 0.29) is 25.0 Å². The fourth-order valence-corrected chi connectivity index (χ4v) is 2.37. The Labute approximate surface area is 125 Å². The zero-order chi connectivity index (χ0) is 15.0.